The number of thiazole rings is 1. The largest absolute Gasteiger partial charge is 0.350 e. The first kappa shape index (κ1) is 7.96. The molecule has 60 valence electrons. The zero-order valence-electron chi connectivity index (χ0n) is 5.61. The number of nitrogens with zero attached hydrogens (tertiary/aromatic N) is 1. The van der Waals surface area contributed by atoms with Crippen molar-refractivity contribution in [3.8, 4) is 0 Å². The first-order chi connectivity index (χ1) is 5.29. The summed E-state index contributed by atoms with van der Waals surface area (Å²) < 4.78 is 0. The number of hydroxylamine groups is 1. The predicted octanol–water partition coefficient (Wildman–Crippen LogP) is 0.243. The van der Waals surface area contributed by atoms with Crippen molar-refractivity contribution in [2.45, 2.75) is 6.61 Å². The number of aromatic nitrogens is 1. The van der Waals surface area contributed by atoms with E-state index in [2.05, 4.69) is 9.82 Å². The van der Waals surface area contributed by atoms with Crippen molar-refractivity contribution < 1.29 is 9.63 Å². The lowest BCUT2D eigenvalue weighted by molar-refractivity contribution is 0.0520. The molecular weight excluding hydrogens is 166 g/mol. The van der Waals surface area contributed by atoms with E-state index in [1.165, 1.54) is 11.3 Å². The summed E-state index contributed by atoms with van der Waals surface area (Å²) >= 11 is 1.45. The Balaban J connectivity index is 2.19. The molecule has 1 rings (SSSR count). The second-order valence-electron chi connectivity index (χ2n) is 1.68. The monoisotopic (exact) mass is 173 g/mol. The predicted molar refractivity (Wildman–Crippen MR) is 39.6 cm³/mol. The van der Waals surface area contributed by atoms with Gasteiger partial charge >= 0.3 is 6.03 Å². The van der Waals surface area contributed by atoms with Crippen molar-refractivity contribution >= 4 is 17.4 Å². The van der Waals surface area contributed by atoms with Gasteiger partial charge in [-0.1, -0.05) is 0 Å². The normalized spacial score (nSPS) is 9.45. The Morgan fingerprint density at radius 1 is 1.91 bits per heavy atom. The molecule has 0 aromatic carbocycles. The van der Waals surface area contributed by atoms with Crippen LogP contribution >= 0.6 is 11.3 Å². The van der Waals surface area contributed by atoms with Crippen molar-refractivity contribution in [2.75, 3.05) is 0 Å². The summed E-state index contributed by atoms with van der Waals surface area (Å²) in [5, 5.41) is 2.61. The molecule has 0 atom stereocenters. The number of hydrogen-bond donors (Lipinski definition) is 2. The maximum absolute atomic E-state index is 10.1. The van der Waals surface area contributed by atoms with Gasteiger partial charge in [0.15, 0.2) is 0 Å². The number of rotatable bonds is 3. The Kier molecular flexibility index (Phi) is 2.82. The molecule has 0 bridgehead atoms. The van der Waals surface area contributed by atoms with Crippen LogP contribution in [0.1, 0.15) is 5.01 Å². The molecule has 3 N–H and O–H groups in total. The molecule has 11 heavy (non-hydrogen) atoms. The molecule has 0 spiro atoms. The Bertz CT molecular complexity index is 224. The lowest BCUT2D eigenvalue weighted by Crippen LogP contribution is -2.29. The minimum Gasteiger partial charge on any atom is -0.350 e. The first-order valence-electron chi connectivity index (χ1n) is 2.84. The number of nitrogens with one attached hydrogen (secondary N) is 1. The van der Waals surface area contributed by atoms with Gasteiger partial charge in [-0.15, -0.1) is 11.3 Å². The van der Waals surface area contributed by atoms with Crippen LogP contribution in [0.25, 0.3) is 0 Å². The van der Waals surface area contributed by atoms with Gasteiger partial charge in [0.05, 0.1) is 0 Å². The van der Waals surface area contributed by atoms with E-state index < -0.39 is 6.03 Å². The van der Waals surface area contributed by atoms with E-state index in [-0.39, 0.29) is 6.61 Å². The van der Waals surface area contributed by atoms with Crippen LogP contribution in [0.5, 0.6) is 0 Å². The maximum Gasteiger partial charge on any atom is 0.336 e. The fourth-order valence-corrected chi connectivity index (χ4v) is 1.02. The van der Waals surface area contributed by atoms with Crippen LogP contribution < -0.4 is 11.2 Å². The Labute approximate surface area is 67.1 Å². The van der Waals surface area contributed by atoms with Gasteiger partial charge < -0.3 is 5.73 Å². The van der Waals surface area contributed by atoms with Crippen molar-refractivity contribution in [1.29, 1.82) is 0 Å². The number of primary amides is 1. The highest BCUT2D eigenvalue weighted by Gasteiger charge is 1.95. The van der Waals surface area contributed by atoms with Crippen molar-refractivity contribution in [2.24, 2.45) is 5.73 Å². The van der Waals surface area contributed by atoms with Crippen LogP contribution in [0, 0.1) is 0 Å². The van der Waals surface area contributed by atoms with E-state index in [0.29, 0.717) is 0 Å². The minimum atomic E-state index is -0.707. The lowest BCUT2D eigenvalue weighted by atomic mass is 10.8. The fourth-order valence-electron chi connectivity index (χ4n) is 0.493. The van der Waals surface area contributed by atoms with Crippen LogP contribution in [-0.2, 0) is 11.4 Å². The molecule has 1 aromatic rings. The number of nitrogens with two attached hydrogens (primary N) is 1. The average Bonchev–Trinajstić information content (AvgIpc) is 2.39. The zero-order valence-corrected chi connectivity index (χ0v) is 6.43. The van der Waals surface area contributed by atoms with E-state index in [1.54, 1.807) is 6.20 Å². The SMILES string of the molecule is NC(=O)NOCc1nccs1. The molecule has 0 aliphatic heterocycles. The summed E-state index contributed by atoms with van der Waals surface area (Å²) in [4.78, 5) is 18.7. The molecule has 0 aliphatic rings. The van der Waals surface area contributed by atoms with Gasteiger partial charge in [-0.3, -0.25) is 4.84 Å². The first-order valence-corrected chi connectivity index (χ1v) is 3.72. The number of carbonyl (C=O) groups is 1. The molecule has 6 heteroatoms. The smallest absolute Gasteiger partial charge is 0.336 e. The maximum atomic E-state index is 10.1. The summed E-state index contributed by atoms with van der Waals surface area (Å²) in [5.74, 6) is 0. The Hall–Kier alpha value is -1.14. The summed E-state index contributed by atoms with van der Waals surface area (Å²) in [6, 6.07) is -0.707. The molecule has 0 unspecified atom stereocenters. The number of urea groups is 1. The second kappa shape index (κ2) is 3.89. The van der Waals surface area contributed by atoms with Crippen LogP contribution in [0.2, 0.25) is 0 Å². The summed E-state index contributed by atoms with van der Waals surface area (Å²) in [6.07, 6.45) is 1.66. The van der Waals surface area contributed by atoms with E-state index in [4.69, 9.17) is 5.73 Å². The lowest BCUT2D eigenvalue weighted by Gasteiger charge is -1.98. The van der Waals surface area contributed by atoms with Crippen molar-refractivity contribution in [1.82, 2.24) is 10.5 Å². The fraction of sp³-hybridized carbons (Fsp3) is 0.200. The molecule has 0 aliphatic carbocycles. The van der Waals surface area contributed by atoms with Gasteiger partial charge in [0.2, 0.25) is 0 Å². The number of amides is 2. The standard InChI is InChI=1S/C5H7N3O2S/c6-5(9)8-10-3-4-7-1-2-11-4/h1-2H,3H2,(H3,6,8,9). The van der Waals surface area contributed by atoms with Crippen molar-refractivity contribution in [3.05, 3.63) is 16.6 Å². The molecular formula is C5H7N3O2S. The van der Waals surface area contributed by atoms with Gasteiger partial charge in [0.25, 0.3) is 0 Å². The van der Waals surface area contributed by atoms with E-state index in [1.807, 2.05) is 10.9 Å². The van der Waals surface area contributed by atoms with E-state index in [0.717, 1.165) is 5.01 Å². The molecule has 1 heterocycles. The highest BCUT2D eigenvalue weighted by molar-refractivity contribution is 7.09. The number of hydrogen-bond acceptors (Lipinski definition) is 4. The van der Waals surface area contributed by atoms with Crippen LogP contribution in [0.3, 0.4) is 0 Å². The van der Waals surface area contributed by atoms with Crippen molar-refractivity contribution in [3.63, 3.8) is 0 Å². The molecule has 0 radical (unpaired) electrons. The highest BCUT2D eigenvalue weighted by Crippen LogP contribution is 2.03. The van der Waals surface area contributed by atoms with Gasteiger partial charge in [-0.25, -0.2) is 15.3 Å². The molecule has 0 saturated heterocycles. The minimum absolute atomic E-state index is 0.251. The average molecular weight is 173 g/mol. The van der Waals surface area contributed by atoms with Gasteiger partial charge in [0, 0.05) is 11.6 Å². The van der Waals surface area contributed by atoms with E-state index in [9.17, 15) is 4.79 Å². The quantitative estimate of drug-likeness (QED) is 0.643. The van der Waals surface area contributed by atoms with E-state index >= 15 is 0 Å². The molecule has 2 amide bonds. The zero-order chi connectivity index (χ0) is 8.10. The summed E-state index contributed by atoms with van der Waals surface area (Å²) in [6.45, 7) is 0.251. The third-order valence-corrected chi connectivity index (χ3v) is 1.61. The summed E-state index contributed by atoms with van der Waals surface area (Å²) in [5.41, 5.74) is 6.73. The third kappa shape index (κ3) is 2.96. The number of carbonyl (C=O) groups excluding carboxylic acids is 1. The van der Waals surface area contributed by atoms with Gasteiger partial charge in [0.1, 0.15) is 11.6 Å². The van der Waals surface area contributed by atoms with Crippen LogP contribution in [0.15, 0.2) is 11.6 Å². The third-order valence-electron chi connectivity index (χ3n) is 0.852. The topological polar surface area (TPSA) is 77.2 Å². The summed E-state index contributed by atoms with van der Waals surface area (Å²) in [7, 11) is 0. The van der Waals surface area contributed by atoms with Crippen LogP contribution in [-0.4, -0.2) is 11.0 Å². The van der Waals surface area contributed by atoms with Gasteiger partial charge in [-0.05, 0) is 0 Å². The molecule has 5 nitrogen and oxygen atoms in total. The van der Waals surface area contributed by atoms with Crippen LogP contribution in [0.4, 0.5) is 4.79 Å². The van der Waals surface area contributed by atoms with Gasteiger partial charge in [-0.2, -0.15) is 0 Å². The molecule has 0 fully saturated rings. The molecule has 0 saturated carbocycles. The molecule has 1 aromatic heterocycles. The highest BCUT2D eigenvalue weighted by atomic mass is 32.1. The Morgan fingerprint density at radius 3 is 3.27 bits per heavy atom. The Morgan fingerprint density at radius 2 is 2.73 bits per heavy atom. The second-order valence-corrected chi connectivity index (χ2v) is 2.66.